The van der Waals surface area contributed by atoms with E-state index < -0.39 is 59.8 Å². The van der Waals surface area contributed by atoms with E-state index in [-0.39, 0.29) is 19.6 Å². The molecule has 1 heterocycles. The van der Waals surface area contributed by atoms with Crippen molar-refractivity contribution in [3.63, 3.8) is 0 Å². The summed E-state index contributed by atoms with van der Waals surface area (Å²) in [5.74, 6) is -0.412. The number of allylic oxidation sites excluding steroid dienone is 10. The van der Waals surface area contributed by atoms with Crippen LogP contribution < -0.4 is 0 Å². The van der Waals surface area contributed by atoms with Crippen LogP contribution in [0.4, 0.5) is 0 Å². The largest absolute Gasteiger partial charge is 0.457 e. The van der Waals surface area contributed by atoms with E-state index in [0.717, 1.165) is 70.6 Å². The Hall–Kier alpha value is -2.20. The van der Waals surface area contributed by atoms with Crippen LogP contribution in [0.2, 0.25) is 0 Å². The fourth-order valence-corrected chi connectivity index (χ4v) is 8.23. The molecule has 66 heavy (non-hydrogen) atoms. The summed E-state index contributed by atoms with van der Waals surface area (Å²) < 4.78 is 59.2. The van der Waals surface area contributed by atoms with Gasteiger partial charge < -0.3 is 34.3 Å². The number of aliphatic hydroxyl groups excluding tert-OH is 3. The van der Waals surface area contributed by atoms with Gasteiger partial charge in [-0.3, -0.25) is 9.35 Å². The van der Waals surface area contributed by atoms with Crippen molar-refractivity contribution in [1.82, 2.24) is 0 Å². The van der Waals surface area contributed by atoms with Crippen LogP contribution in [0.3, 0.4) is 0 Å². The Labute approximate surface area is 401 Å². The quantitative estimate of drug-likeness (QED) is 0.0197. The van der Waals surface area contributed by atoms with E-state index in [2.05, 4.69) is 78.8 Å². The van der Waals surface area contributed by atoms with Gasteiger partial charge in [-0.1, -0.05) is 184 Å². The molecular weight excluding hydrogens is 861 g/mol. The highest BCUT2D eigenvalue weighted by Gasteiger charge is 2.48. The van der Waals surface area contributed by atoms with Crippen molar-refractivity contribution in [3.8, 4) is 0 Å². The first-order chi connectivity index (χ1) is 32.1. The fraction of sp³-hybridized carbons (Fsp3) is 0.792. The first kappa shape index (κ1) is 61.8. The maximum absolute atomic E-state index is 12.9. The van der Waals surface area contributed by atoms with Crippen LogP contribution in [-0.4, -0.2) is 97.5 Å². The van der Waals surface area contributed by atoms with Crippen LogP contribution in [0.5, 0.6) is 0 Å². The standard InChI is InChI=1S/C53H94O12S/c1-3-5-7-9-11-13-15-17-19-21-22-23-24-25-26-27-28-30-32-34-36-38-40-42-49(55)63-47(46-62-53-51(57)52(65-66(58,59)60)50(56)48(44-54)64-53)45-61-43-41-39-37-35-33-31-29-20-18-16-14-12-10-8-6-4-2/h6,8,12,14,18,20-22,31,33,47-48,50-54,56-57H,3-5,7,9-11,13,15-17,19,23-30,32,34-46H2,1-2H3,(H,58,59,60)/b8-6-,14-12-,20-18-,22-21-,33-31-. The van der Waals surface area contributed by atoms with E-state index in [9.17, 15) is 33.1 Å². The van der Waals surface area contributed by atoms with Crippen molar-refractivity contribution < 1.29 is 56.2 Å². The summed E-state index contributed by atoms with van der Waals surface area (Å²) in [5.41, 5.74) is 0. The van der Waals surface area contributed by atoms with Crippen molar-refractivity contribution in [2.75, 3.05) is 26.4 Å². The first-order valence-electron chi connectivity index (χ1n) is 26.0. The molecule has 0 amide bonds. The summed E-state index contributed by atoms with van der Waals surface area (Å²) in [6.07, 6.45) is 46.9. The predicted molar refractivity (Wildman–Crippen MR) is 266 cm³/mol. The number of rotatable bonds is 45. The molecular formula is C53H94O12S. The Bertz CT molecular complexity index is 1380. The third-order valence-electron chi connectivity index (χ3n) is 11.6. The van der Waals surface area contributed by atoms with E-state index in [1.807, 2.05) is 0 Å². The van der Waals surface area contributed by atoms with Gasteiger partial charge in [0.1, 0.15) is 30.5 Å². The zero-order valence-corrected chi connectivity index (χ0v) is 42.1. The van der Waals surface area contributed by atoms with Gasteiger partial charge in [-0.2, -0.15) is 8.42 Å². The number of esters is 1. The van der Waals surface area contributed by atoms with Crippen LogP contribution in [0.15, 0.2) is 60.8 Å². The average Bonchev–Trinajstić information content (AvgIpc) is 3.29. The molecule has 0 aliphatic carbocycles. The lowest BCUT2D eigenvalue weighted by molar-refractivity contribution is -0.301. The van der Waals surface area contributed by atoms with Gasteiger partial charge in [0.25, 0.3) is 0 Å². The summed E-state index contributed by atoms with van der Waals surface area (Å²) in [7, 11) is -5.07. The topological polar surface area (TPSA) is 178 Å². The molecule has 6 unspecified atom stereocenters. The third-order valence-corrected chi connectivity index (χ3v) is 12.1. The zero-order valence-electron chi connectivity index (χ0n) is 41.2. The molecule has 4 N–H and O–H groups in total. The van der Waals surface area contributed by atoms with E-state index in [4.69, 9.17) is 18.9 Å². The van der Waals surface area contributed by atoms with Crippen molar-refractivity contribution in [2.24, 2.45) is 0 Å². The molecule has 6 atom stereocenters. The molecule has 1 aliphatic rings. The van der Waals surface area contributed by atoms with Gasteiger partial charge in [-0.15, -0.1) is 0 Å². The van der Waals surface area contributed by atoms with Crippen molar-refractivity contribution >= 4 is 16.4 Å². The third kappa shape index (κ3) is 36.8. The van der Waals surface area contributed by atoms with Crippen LogP contribution >= 0.6 is 0 Å². The summed E-state index contributed by atoms with van der Waals surface area (Å²) in [6.45, 7) is 3.81. The molecule has 12 nitrogen and oxygen atoms in total. The molecule has 13 heteroatoms. The summed E-state index contributed by atoms with van der Waals surface area (Å²) in [5, 5.41) is 30.7. The highest BCUT2D eigenvalue weighted by molar-refractivity contribution is 7.80. The summed E-state index contributed by atoms with van der Waals surface area (Å²) in [6, 6.07) is 0. The van der Waals surface area contributed by atoms with E-state index in [1.165, 1.54) is 109 Å². The number of ether oxygens (including phenoxy) is 4. The molecule has 1 aliphatic heterocycles. The van der Waals surface area contributed by atoms with E-state index >= 15 is 0 Å². The molecule has 1 saturated heterocycles. The van der Waals surface area contributed by atoms with Crippen molar-refractivity contribution in [2.45, 2.75) is 243 Å². The van der Waals surface area contributed by atoms with Crippen molar-refractivity contribution in [1.29, 1.82) is 0 Å². The van der Waals surface area contributed by atoms with Crippen LogP contribution in [0, 0.1) is 0 Å². The van der Waals surface area contributed by atoms with Gasteiger partial charge in [0.2, 0.25) is 0 Å². The Morgan fingerprint density at radius 1 is 0.591 bits per heavy atom. The smallest absolute Gasteiger partial charge is 0.397 e. The van der Waals surface area contributed by atoms with Crippen molar-refractivity contribution in [3.05, 3.63) is 60.8 Å². The molecule has 1 fully saturated rings. The molecule has 0 aromatic carbocycles. The minimum Gasteiger partial charge on any atom is -0.457 e. The number of unbranched alkanes of at least 4 members (excludes halogenated alkanes) is 22. The van der Waals surface area contributed by atoms with E-state index in [0.29, 0.717) is 13.0 Å². The van der Waals surface area contributed by atoms with Gasteiger partial charge in [0.05, 0.1) is 19.8 Å². The maximum atomic E-state index is 12.9. The zero-order chi connectivity index (χ0) is 48.2. The molecule has 0 bridgehead atoms. The van der Waals surface area contributed by atoms with Crippen LogP contribution in [0.25, 0.3) is 0 Å². The molecule has 0 radical (unpaired) electrons. The Morgan fingerprint density at radius 2 is 1.05 bits per heavy atom. The fourth-order valence-electron chi connectivity index (χ4n) is 7.72. The second kappa shape index (κ2) is 44.0. The van der Waals surface area contributed by atoms with Crippen LogP contribution in [0.1, 0.15) is 206 Å². The Morgan fingerprint density at radius 3 is 1.55 bits per heavy atom. The molecule has 0 saturated carbocycles. The predicted octanol–water partition coefficient (Wildman–Crippen LogP) is 12.1. The molecule has 0 aromatic heterocycles. The monoisotopic (exact) mass is 955 g/mol. The highest BCUT2D eigenvalue weighted by atomic mass is 32.3. The van der Waals surface area contributed by atoms with Gasteiger partial charge in [0.15, 0.2) is 6.29 Å². The lowest BCUT2D eigenvalue weighted by Gasteiger charge is -2.41. The lowest BCUT2D eigenvalue weighted by atomic mass is 9.99. The normalized spacial score (nSPS) is 20.0. The lowest BCUT2D eigenvalue weighted by Crippen LogP contribution is -2.60. The minimum absolute atomic E-state index is 0.0128. The van der Waals surface area contributed by atoms with Gasteiger partial charge in [-0.25, -0.2) is 4.18 Å². The molecule has 384 valence electrons. The SMILES string of the molecule is CC/C=C\C/C=C\C/C=C\C/C=C\CCCCCOCC(COC1OC(CO)C(O)C(OS(=O)(=O)O)C1O)OC(=O)CCCCCCCCCCCCC/C=C\CCCCCCCCCC. The Balaban J connectivity index is 2.35. The second-order valence-corrected chi connectivity index (χ2v) is 18.8. The van der Waals surface area contributed by atoms with Gasteiger partial charge >= 0.3 is 16.4 Å². The number of aliphatic hydroxyl groups is 3. The Kier molecular flexibility index (Phi) is 41.2. The molecule has 0 spiro atoms. The number of hydrogen-bond donors (Lipinski definition) is 4. The number of carbonyl (C=O) groups is 1. The molecule has 1 rings (SSSR count). The summed E-state index contributed by atoms with van der Waals surface area (Å²) >= 11 is 0. The maximum Gasteiger partial charge on any atom is 0.397 e. The number of hydrogen-bond acceptors (Lipinski definition) is 11. The van der Waals surface area contributed by atoms with Gasteiger partial charge in [-0.05, 0) is 77.0 Å². The van der Waals surface area contributed by atoms with Gasteiger partial charge in [0, 0.05) is 13.0 Å². The first-order valence-corrected chi connectivity index (χ1v) is 27.4. The van der Waals surface area contributed by atoms with E-state index in [1.54, 1.807) is 0 Å². The highest BCUT2D eigenvalue weighted by Crippen LogP contribution is 2.26. The molecule has 0 aromatic rings. The van der Waals surface area contributed by atoms with Crippen LogP contribution in [-0.2, 0) is 38.3 Å². The summed E-state index contributed by atoms with van der Waals surface area (Å²) in [4.78, 5) is 12.9. The second-order valence-electron chi connectivity index (χ2n) is 17.7. The minimum atomic E-state index is -5.07. The average molecular weight is 955 g/mol. The number of carbonyl (C=O) groups excluding carboxylic acids is 1.